The molecule has 130 valence electrons. The van der Waals surface area contributed by atoms with Crippen LogP contribution in [0.15, 0.2) is 6.07 Å². The van der Waals surface area contributed by atoms with Crippen molar-refractivity contribution >= 4 is 5.91 Å². The van der Waals surface area contributed by atoms with Gasteiger partial charge in [-0.2, -0.15) is 5.10 Å². The Morgan fingerprint density at radius 3 is 2.25 bits per heavy atom. The molecule has 0 aliphatic heterocycles. The Morgan fingerprint density at radius 2 is 1.71 bits per heavy atom. The molecule has 6 heteroatoms. The van der Waals surface area contributed by atoms with E-state index in [1.807, 2.05) is 40.7 Å². The van der Waals surface area contributed by atoms with Crippen LogP contribution in [-0.4, -0.2) is 31.7 Å². The fourth-order valence-corrected chi connectivity index (χ4v) is 2.56. The second kappa shape index (κ2) is 7.11. The highest BCUT2D eigenvalue weighted by molar-refractivity contribution is 5.79. The maximum absolute atomic E-state index is 12.3. The van der Waals surface area contributed by atoms with Crippen LogP contribution in [0.4, 0.5) is 0 Å². The van der Waals surface area contributed by atoms with Crippen molar-refractivity contribution in [1.82, 2.24) is 25.1 Å². The Balaban J connectivity index is 2.27. The number of amides is 1. The van der Waals surface area contributed by atoms with Crippen LogP contribution in [0.5, 0.6) is 0 Å². The lowest BCUT2D eigenvalue weighted by Crippen LogP contribution is -2.37. The number of aromatic nitrogens is 4. The zero-order valence-electron chi connectivity index (χ0n) is 15.6. The first-order valence-corrected chi connectivity index (χ1v) is 8.36. The average Bonchev–Trinajstić information content (AvgIpc) is 2.74. The van der Waals surface area contributed by atoms with E-state index in [4.69, 9.17) is 0 Å². The number of aryl methyl sites for hydroxylation is 3. The highest BCUT2D eigenvalue weighted by Gasteiger charge is 2.19. The van der Waals surface area contributed by atoms with Crippen LogP contribution in [0.25, 0.3) is 5.95 Å². The third-order valence-electron chi connectivity index (χ3n) is 4.33. The molecule has 2 aromatic rings. The number of hydrogen-bond donors (Lipinski definition) is 1. The molecule has 0 aromatic carbocycles. The summed E-state index contributed by atoms with van der Waals surface area (Å²) in [5, 5.41) is 7.58. The van der Waals surface area contributed by atoms with E-state index in [0.29, 0.717) is 18.3 Å². The molecule has 2 aromatic heterocycles. The van der Waals surface area contributed by atoms with Gasteiger partial charge in [0, 0.05) is 28.7 Å². The lowest BCUT2D eigenvalue weighted by atomic mass is 10.1. The first-order valence-electron chi connectivity index (χ1n) is 8.36. The number of nitrogens with one attached hydrogen (secondary N) is 1. The van der Waals surface area contributed by atoms with Crippen molar-refractivity contribution in [2.24, 2.45) is 5.92 Å². The standard InChI is InChI=1S/C18H27N5O/c1-10(2)13(5)21-17(24)9-16-14(6)22-23(15(16)7)18-19-11(3)8-12(4)20-18/h8,10,13H,9H2,1-7H3,(H,21,24). The normalized spacial score (nSPS) is 12.5. The van der Waals surface area contributed by atoms with Gasteiger partial charge in [-0.15, -0.1) is 0 Å². The Kier molecular flexibility index (Phi) is 5.36. The minimum atomic E-state index is 0.0169. The van der Waals surface area contributed by atoms with Crippen molar-refractivity contribution in [2.75, 3.05) is 0 Å². The summed E-state index contributed by atoms with van der Waals surface area (Å²) in [6, 6.07) is 2.08. The Morgan fingerprint density at radius 1 is 1.12 bits per heavy atom. The zero-order chi connectivity index (χ0) is 18.0. The second-order valence-electron chi connectivity index (χ2n) is 6.79. The molecule has 0 aliphatic rings. The quantitative estimate of drug-likeness (QED) is 0.915. The van der Waals surface area contributed by atoms with Crippen molar-refractivity contribution in [2.45, 2.75) is 60.9 Å². The fourth-order valence-electron chi connectivity index (χ4n) is 2.56. The fraction of sp³-hybridized carbons (Fsp3) is 0.556. The van der Waals surface area contributed by atoms with Gasteiger partial charge < -0.3 is 5.32 Å². The van der Waals surface area contributed by atoms with Crippen LogP contribution in [0.3, 0.4) is 0 Å². The van der Waals surface area contributed by atoms with Crippen LogP contribution in [0.2, 0.25) is 0 Å². The summed E-state index contributed by atoms with van der Waals surface area (Å²) in [5.41, 5.74) is 4.48. The molecule has 0 bridgehead atoms. The van der Waals surface area contributed by atoms with Crippen molar-refractivity contribution in [1.29, 1.82) is 0 Å². The molecule has 2 rings (SSSR count). The summed E-state index contributed by atoms with van der Waals surface area (Å²) in [6.07, 6.45) is 0.319. The van der Waals surface area contributed by atoms with Gasteiger partial charge in [0.15, 0.2) is 0 Å². The molecule has 1 amide bonds. The Bertz CT molecular complexity index is 728. The van der Waals surface area contributed by atoms with E-state index < -0.39 is 0 Å². The predicted octanol–water partition coefficient (Wildman–Crippen LogP) is 2.60. The van der Waals surface area contributed by atoms with E-state index in [-0.39, 0.29) is 11.9 Å². The van der Waals surface area contributed by atoms with E-state index in [1.165, 1.54) is 0 Å². The topological polar surface area (TPSA) is 72.7 Å². The van der Waals surface area contributed by atoms with Crippen molar-refractivity contribution < 1.29 is 4.79 Å². The number of nitrogens with zero attached hydrogens (tertiary/aromatic N) is 4. The molecule has 6 nitrogen and oxygen atoms in total. The summed E-state index contributed by atoms with van der Waals surface area (Å²) >= 11 is 0. The van der Waals surface area contributed by atoms with E-state index in [2.05, 4.69) is 34.2 Å². The number of carbonyl (C=O) groups excluding carboxylic acids is 1. The summed E-state index contributed by atoms with van der Waals surface area (Å²) < 4.78 is 1.73. The highest BCUT2D eigenvalue weighted by Crippen LogP contribution is 2.17. The van der Waals surface area contributed by atoms with Gasteiger partial charge in [-0.25, -0.2) is 14.6 Å². The summed E-state index contributed by atoms with van der Waals surface area (Å²) in [6.45, 7) is 14.0. The molecule has 1 N–H and O–H groups in total. The summed E-state index contributed by atoms with van der Waals surface area (Å²) in [7, 11) is 0. The highest BCUT2D eigenvalue weighted by atomic mass is 16.1. The molecule has 0 saturated heterocycles. The first kappa shape index (κ1) is 18.1. The molecular formula is C18H27N5O. The van der Waals surface area contributed by atoms with Crippen LogP contribution in [0, 0.1) is 33.6 Å². The molecule has 0 aliphatic carbocycles. The predicted molar refractivity (Wildman–Crippen MR) is 94.2 cm³/mol. The van der Waals surface area contributed by atoms with Crippen molar-refractivity contribution in [3.63, 3.8) is 0 Å². The lowest BCUT2D eigenvalue weighted by molar-refractivity contribution is -0.121. The maximum Gasteiger partial charge on any atom is 0.251 e. The lowest BCUT2D eigenvalue weighted by Gasteiger charge is -2.17. The Hall–Kier alpha value is -2.24. The number of hydrogen-bond acceptors (Lipinski definition) is 4. The maximum atomic E-state index is 12.3. The third kappa shape index (κ3) is 3.99. The first-order chi connectivity index (χ1) is 11.2. The number of rotatable bonds is 5. The van der Waals surface area contributed by atoms with Gasteiger partial charge >= 0.3 is 0 Å². The van der Waals surface area contributed by atoms with E-state index >= 15 is 0 Å². The van der Waals surface area contributed by atoms with Gasteiger partial charge in [0.2, 0.25) is 5.91 Å². The van der Waals surface area contributed by atoms with Crippen molar-refractivity contribution in [3.8, 4) is 5.95 Å². The van der Waals surface area contributed by atoms with Gasteiger partial charge in [-0.1, -0.05) is 13.8 Å². The van der Waals surface area contributed by atoms with Gasteiger partial charge in [0.05, 0.1) is 12.1 Å². The monoisotopic (exact) mass is 329 g/mol. The van der Waals surface area contributed by atoms with Crippen LogP contribution < -0.4 is 5.32 Å². The molecule has 0 radical (unpaired) electrons. The third-order valence-corrected chi connectivity index (χ3v) is 4.33. The van der Waals surface area contributed by atoms with E-state index in [0.717, 1.165) is 28.3 Å². The smallest absolute Gasteiger partial charge is 0.251 e. The Labute approximate surface area is 143 Å². The molecule has 0 spiro atoms. The minimum absolute atomic E-state index is 0.0169. The molecular weight excluding hydrogens is 302 g/mol. The van der Waals surface area contributed by atoms with Crippen molar-refractivity contribution in [3.05, 3.63) is 34.4 Å². The molecule has 0 fully saturated rings. The van der Waals surface area contributed by atoms with E-state index in [9.17, 15) is 4.79 Å². The zero-order valence-corrected chi connectivity index (χ0v) is 15.6. The molecule has 2 heterocycles. The SMILES string of the molecule is Cc1cc(C)nc(-n2nc(C)c(CC(=O)NC(C)C(C)C)c2C)n1. The van der Waals surface area contributed by atoms with Crippen LogP contribution in [0.1, 0.15) is 49.1 Å². The van der Waals surface area contributed by atoms with Gasteiger partial charge in [0.1, 0.15) is 0 Å². The summed E-state index contributed by atoms with van der Waals surface area (Å²) in [5.74, 6) is 0.973. The van der Waals surface area contributed by atoms with Crippen LogP contribution >= 0.6 is 0 Å². The van der Waals surface area contributed by atoms with Crippen LogP contribution in [-0.2, 0) is 11.2 Å². The minimum Gasteiger partial charge on any atom is -0.353 e. The molecule has 1 atom stereocenters. The van der Waals surface area contributed by atoms with Gasteiger partial charge in [0.25, 0.3) is 5.95 Å². The summed E-state index contributed by atoms with van der Waals surface area (Å²) in [4.78, 5) is 21.2. The van der Waals surface area contributed by atoms with Gasteiger partial charge in [-0.05, 0) is 46.6 Å². The number of carbonyl (C=O) groups is 1. The largest absolute Gasteiger partial charge is 0.353 e. The van der Waals surface area contributed by atoms with Gasteiger partial charge in [-0.3, -0.25) is 4.79 Å². The van der Waals surface area contributed by atoms with E-state index in [1.54, 1.807) is 4.68 Å². The molecule has 0 saturated carbocycles. The average molecular weight is 329 g/mol. The molecule has 24 heavy (non-hydrogen) atoms. The second-order valence-corrected chi connectivity index (χ2v) is 6.79. The molecule has 1 unspecified atom stereocenters.